The summed E-state index contributed by atoms with van der Waals surface area (Å²) < 4.78 is 0. The number of aromatic nitrogens is 1. The number of likely N-dealkylation sites (N-methyl/N-ethyl adjacent to an activating group) is 1. The van der Waals surface area contributed by atoms with E-state index in [1.807, 2.05) is 17.0 Å². The first-order valence-corrected chi connectivity index (χ1v) is 10.9. The maximum absolute atomic E-state index is 12.6. The molecule has 1 saturated heterocycles. The van der Waals surface area contributed by atoms with E-state index < -0.39 is 0 Å². The lowest BCUT2D eigenvalue weighted by molar-refractivity contribution is -0.121. The van der Waals surface area contributed by atoms with E-state index in [0.717, 1.165) is 19.5 Å². The number of nitrogens with zero attached hydrogens (tertiary/aromatic N) is 3. The number of rotatable bonds is 9. The van der Waals surface area contributed by atoms with Gasteiger partial charge in [-0.1, -0.05) is 33.8 Å². The molecule has 2 heterocycles. The Labute approximate surface area is 175 Å². The first-order valence-electron chi connectivity index (χ1n) is 10.9. The van der Waals surface area contributed by atoms with Crippen LogP contribution in [0.15, 0.2) is 24.4 Å². The van der Waals surface area contributed by atoms with Crippen LogP contribution in [-0.4, -0.2) is 65.5 Å². The summed E-state index contributed by atoms with van der Waals surface area (Å²) >= 11 is 0. The van der Waals surface area contributed by atoms with Crippen molar-refractivity contribution in [1.82, 2.24) is 20.1 Å². The number of nitrogens with one attached hydrogen (secondary N) is 2. The number of piperidine rings is 1. The predicted octanol–water partition coefficient (Wildman–Crippen LogP) is 3.20. The molecule has 2 rings (SSSR count). The molecule has 1 aromatic rings. The molecule has 1 aliphatic rings. The highest BCUT2D eigenvalue weighted by molar-refractivity contribution is 5.91. The van der Waals surface area contributed by atoms with Crippen molar-refractivity contribution in [2.75, 3.05) is 38.0 Å². The number of pyridine rings is 1. The summed E-state index contributed by atoms with van der Waals surface area (Å²) in [5, 5.41) is 5.99. The van der Waals surface area contributed by atoms with Crippen LogP contribution in [0.1, 0.15) is 47.0 Å². The minimum absolute atomic E-state index is 0.0118. The minimum Gasteiger partial charge on any atom is -0.336 e. The fraction of sp³-hybridized carbons (Fsp3) is 0.682. The number of hydrogen-bond acceptors (Lipinski definition) is 4. The second kappa shape index (κ2) is 11.8. The molecule has 3 amide bonds. The molecule has 1 aliphatic heterocycles. The number of carbonyl (C=O) groups excluding carboxylic acids is 2. The van der Waals surface area contributed by atoms with Crippen LogP contribution in [-0.2, 0) is 4.79 Å². The van der Waals surface area contributed by atoms with Gasteiger partial charge in [0.15, 0.2) is 0 Å². The van der Waals surface area contributed by atoms with Gasteiger partial charge in [-0.05, 0) is 50.4 Å². The van der Waals surface area contributed by atoms with Crippen molar-refractivity contribution in [1.29, 1.82) is 0 Å². The van der Waals surface area contributed by atoms with Crippen LogP contribution in [0.4, 0.5) is 10.6 Å². The van der Waals surface area contributed by atoms with Gasteiger partial charge in [0.1, 0.15) is 5.82 Å². The number of anilines is 1. The number of likely N-dealkylation sites (tertiary alicyclic amines) is 1. The lowest BCUT2D eigenvalue weighted by atomic mass is 9.96. The summed E-state index contributed by atoms with van der Waals surface area (Å²) in [6.07, 6.45) is 4.08. The van der Waals surface area contributed by atoms with E-state index in [1.54, 1.807) is 12.3 Å². The lowest BCUT2D eigenvalue weighted by Gasteiger charge is -2.34. The van der Waals surface area contributed by atoms with Gasteiger partial charge in [-0.2, -0.15) is 0 Å². The van der Waals surface area contributed by atoms with E-state index in [2.05, 4.69) is 48.2 Å². The third kappa shape index (κ3) is 7.31. The topological polar surface area (TPSA) is 77.6 Å². The maximum Gasteiger partial charge on any atom is 0.317 e. The summed E-state index contributed by atoms with van der Waals surface area (Å²) in [4.78, 5) is 33.4. The summed E-state index contributed by atoms with van der Waals surface area (Å²) in [5.41, 5.74) is 0. The van der Waals surface area contributed by atoms with Crippen LogP contribution in [0.5, 0.6) is 0 Å². The van der Waals surface area contributed by atoms with Gasteiger partial charge in [0, 0.05) is 37.8 Å². The van der Waals surface area contributed by atoms with E-state index >= 15 is 0 Å². The zero-order valence-corrected chi connectivity index (χ0v) is 18.4. The van der Waals surface area contributed by atoms with E-state index in [9.17, 15) is 9.59 Å². The Morgan fingerprint density at radius 1 is 1.21 bits per heavy atom. The smallest absolute Gasteiger partial charge is 0.317 e. The monoisotopic (exact) mass is 403 g/mol. The summed E-state index contributed by atoms with van der Waals surface area (Å²) in [7, 11) is 0. The Kier molecular flexibility index (Phi) is 9.38. The molecular weight excluding hydrogens is 366 g/mol. The van der Waals surface area contributed by atoms with E-state index in [-0.39, 0.29) is 17.9 Å². The van der Waals surface area contributed by atoms with Crippen molar-refractivity contribution in [3.05, 3.63) is 24.4 Å². The molecule has 162 valence electrons. The van der Waals surface area contributed by atoms with Crippen molar-refractivity contribution in [2.45, 2.75) is 53.0 Å². The zero-order chi connectivity index (χ0) is 21.2. The third-order valence-corrected chi connectivity index (χ3v) is 5.63. The van der Waals surface area contributed by atoms with Crippen LogP contribution in [0.3, 0.4) is 0 Å². The van der Waals surface area contributed by atoms with Gasteiger partial charge in [0.05, 0.1) is 0 Å². The quantitative estimate of drug-likeness (QED) is 0.664. The van der Waals surface area contributed by atoms with Crippen molar-refractivity contribution in [3.8, 4) is 0 Å². The third-order valence-electron chi connectivity index (χ3n) is 5.63. The zero-order valence-electron chi connectivity index (χ0n) is 18.4. The van der Waals surface area contributed by atoms with Crippen LogP contribution < -0.4 is 10.6 Å². The van der Waals surface area contributed by atoms with Gasteiger partial charge in [-0.25, -0.2) is 9.78 Å². The maximum atomic E-state index is 12.6. The van der Waals surface area contributed by atoms with Gasteiger partial charge < -0.3 is 15.5 Å². The second-order valence-electron chi connectivity index (χ2n) is 8.16. The number of carbonyl (C=O) groups is 2. The molecule has 2 N–H and O–H groups in total. The highest BCUT2D eigenvalue weighted by Gasteiger charge is 2.28. The molecule has 0 aromatic carbocycles. The summed E-state index contributed by atoms with van der Waals surface area (Å²) in [5.74, 6) is 1.07. The summed E-state index contributed by atoms with van der Waals surface area (Å²) in [6, 6.07) is 5.79. The Balaban J connectivity index is 1.79. The number of amides is 3. The first-order chi connectivity index (χ1) is 13.9. The van der Waals surface area contributed by atoms with Crippen LogP contribution in [0.25, 0.3) is 0 Å². The SMILES string of the molecule is CCN(CC)C(CNC(=O)N1CCC(C(=O)Nc2ccccn2)CC1)CC(C)C. The van der Waals surface area contributed by atoms with Crippen molar-refractivity contribution in [3.63, 3.8) is 0 Å². The molecule has 0 aliphatic carbocycles. The lowest BCUT2D eigenvalue weighted by Crippen LogP contribution is -2.50. The van der Waals surface area contributed by atoms with Gasteiger partial charge in [0.25, 0.3) is 0 Å². The Morgan fingerprint density at radius 2 is 1.90 bits per heavy atom. The van der Waals surface area contributed by atoms with Gasteiger partial charge in [-0.3, -0.25) is 9.69 Å². The molecule has 0 saturated carbocycles. The normalized spacial score (nSPS) is 16.1. The van der Waals surface area contributed by atoms with E-state index in [1.165, 1.54) is 0 Å². The molecule has 29 heavy (non-hydrogen) atoms. The van der Waals surface area contributed by atoms with Crippen LogP contribution >= 0.6 is 0 Å². The second-order valence-corrected chi connectivity index (χ2v) is 8.16. The van der Waals surface area contributed by atoms with Crippen LogP contribution in [0, 0.1) is 11.8 Å². The minimum atomic E-state index is -0.0783. The summed E-state index contributed by atoms with van der Waals surface area (Å²) in [6.45, 7) is 12.6. The van der Waals surface area contributed by atoms with Crippen molar-refractivity contribution < 1.29 is 9.59 Å². The predicted molar refractivity (Wildman–Crippen MR) is 117 cm³/mol. The molecule has 0 radical (unpaired) electrons. The molecule has 7 heteroatoms. The Morgan fingerprint density at radius 3 is 2.45 bits per heavy atom. The molecule has 7 nitrogen and oxygen atoms in total. The fourth-order valence-electron chi connectivity index (χ4n) is 3.97. The molecule has 1 aromatic heterocycles. The van der Waals surface area contributed by atoms with Crippen LogP contribution in [0.2, 0.25) is 0 Å². The highest BCUT2D eigenvalue weighted by atomic mass is 16.2. The van der Waals surface area contributed by atoms with Gasteiger partial charge in [-0.15, -0.1) is 0 Å². The highest BCUT2D eigenvalue weighted by Crippen LogP contribution is 2.19. The van der Waals surface area contributed by atoms with Gasteiger partial charge >= 0.3 is 6.03 Å². The average Bonchev–Trinajstić information content (AvgIpc) is 2.73. The molecular formula is C22H37N5O2. The van der Waals surface area contributed by atoms with E-state index in [4.69, 9.17) is 0 Å². The first kappa shape index (κ1) is 23.1. The van der Waals surface area contributed by atoms with Crippen molar-refractivity contribution in [2.24, 2.45) is 11.8 Å². The molecule has 1 atom stereocenters. The Hall–Kier alpha value is -2.15. The standard InChI is InChI=1S/C22H37N5O2/c1-5-26(6-2)19(15-17(3)4)16-24-22(29)27-13-10-18(11-14-27)21(28)25-20-9-7-8-12-23-20/h7-9,12,17-19H,5-6,10-11,13-16H2,1-4H3,(H,24,29)(H,23,25,28). The number of hydrogen-bond donors (Lipinski definition) is 2. The molecule has 0 spiro atoms. The molecule has 0 bridgehead atoms. The molecule has 1 unspecified atom stereocenters. The largest absolute Gasteiger partial charge is 0.336 e. The van der Waals surface area contributed by atoms with E-state index in [0.29, 0.717) is 50.3 Å². The van der Waals surface area contributed by atoms with Crippen molar-refractivity contribution >= 4 is 17.8 Å². The number of urea groups is 1. The average molecular weight is 404 g/mol. The van der Waals surface area contributed by atoms with Gasteiger partial charge in [0.2, 0.25) is 5.91 Å². The fourth-order valence-corrected chi connectivity index (χ4v) is 3.97. The Bertz CT molecular complexity index is 625. The molecule has 1 fully saturated rings.